The number of aryl methyl sites for hydroxylation is 1. The first-order valence-electron chi connectivity index (χ1n) is 9.67. The number of rotatable bonds is 9. The third-order valence-corrected chi connectivity index (χ3v) is 7.38. The molecule has 0 atom stereocenters. The normalized spacial score (nSPS) is 11.0. The largest absolute Gasteiger partial charge is 0.494 e. The van der Waals surface area contributed by atoms with Crippen molar-refractivity contribution in [2.24, 2.45) is 0 Å². The van der Waals surface area contributed by atoms with Gasteiger partial charge in [0.25, 0.3) is 0 Å². The summed E-state index contributed by atoms with van der Waals surface area (Å²) in [5, 5.41) is 0.715. The number of aromatic nitrogens is 1. The number of thiazole rings is 1. The van der Waals surface area contributed by atoms with Gasteiger partial charge < -0.3 is 9.64 Å². The van der Waals surface area contributed by atoms with Crippen LogP contribution in [0.4, 0.5) is 5.13 Å². The average molecular weight is 489 g/mol. The van der Waals surface area contributed by atoms with E-state index in [1.54, 1.807) is 18.4 Å². The number of carbonyl (C=O) groups excluding carboxylic acids is 1. The Morgan fingerprint density at radius 1 is 1.13 bits per heavy atom. The minimum atomic E-state index is 0. The Balaban J connectivity index is 0.00000320. The van der Waals surface area contributed by atoms with Crippen LogP contribution in [0.5, 0.6) is 5.75 Å². The number of amides is 1. The number of fused-ring (bicyclic) bond motifs is 1. The van der Waals surface area contributed by atoms with Crippen molar-refractivity contribution in [3.63, 3.8) is 0 Å². The minimum Gasteiger partial charge on any atom is -0.494 e. The SMILES string of the molecule is CCN(CC)CCN(C(=O)Cc1ccc(Cl)s1)c1nc2c(OC)ccc(C)c2s1.Cl. The highest BCUT2D eigenvalue weighted by Gasteiger charge is 2.23. The van der Waals surface area contributed by atoms with E-state index < -0.39 is 0 Å². The molecule has 0 saturated heterocycles. The average Bonchev–Trinajstić information content (AvgIpc) is 3.32. The second-order valence-electron chi connectivity index (χ2n) is 6.71. The lowest BCUT2D eigenvalue weighted by atomic mass is 10.2. The monoisotopic (exact) mass is 487 g/mol. The molecule has 0 saturated carbocycles. The summed E-state index contributed by atoms with van der Waals surface area (Å²) in [5.41, 5.74) is 1.94. The zero-order valence-corrected chi connectivity index (χ0v) is 20.8. The van der Waals surface area contributed by atoms with E-state index in [-0.39, 0.29) is 18.3 Å². The lowest BCUT2D eigenvalue weighted by Gasteiger charge is -2.24. The smallest absolute Gasteiger partial charge is 0.234 e. The number of hydrogen-bond acceptors (Lipinski definition) is 6. The third-order valence-electron chi connectivity index (χ3n) is 4.93. The van der Waals surface area contributed by atoms with E-state index >= 15 is 0 Å². The molecule has 1 amide bonds. The van der Waals surface area contributed by atoms with Crippen molar-refractivity contribution < 1.29 is 9.53 Å². The summed E-state index contributed by atoms with van der Waals surface area (Å²) in [6.45, 7) is 9.62. The highest BCUT2D eigenvalue weighted by Crippen LogP contribution is 2.36. The van der Waals surface area contributed by atoms with Crippen molar-refractivity contribution in [2.75, 3.05) is 38.2 Å². The van der Waals surface area contributed by atoms with Gasteiger partial charge in [-0.05, 0) is 43.8 Å². The number of thiophene rings is 1. The van der Waals surface area contributed by atoms with Crippen LogP contribution in [0.2, 0.25) is 4.34 Å². The quantitative estimate of drug-likeness (QED) is 0.390. The fourth-order valence-corrected chi connectivity index (χ4v) is 5.35. The van der Waals surface area contributed by atoms with Gasteiger partial charge in [-0.1, -0.05) is 42.9 Å². The van der Waals surface area contributed by atoms with E-state index in [1.165, 1.54) is 11.3 Å². The molecule has 0 aliphatic rings. The maximum atomic E-state index is 13.2. The lowest BCUT2D eigenvalue weighted by Crippen LogP contribution is -2.39. The van der Waals surface area contributed by atoms with E-state index in [0.717, 1.165) is 46.0 Å². The van der Waals surface area contributed by atoms with Gasteiger partial charge in [-0.25, -0.2) is 4.98 Å². The molecule has 0 fully saturated rings. The summed E-state index contributed by atoms with van der Waals surface area (Å²) in [7, 11) is 1.65. The number of nitrogens with zero attached hydrogens (tertiary/aromatic N) is 3. The van der Waals surface area contributed by atoms with Crippen LogP contribution in [0.25, 0.3) is 10.2 Å². The molecule has 3 rings (SSSR count). The Kier molecular flexibility index (Phi) is 9.37. The van der Waals surface area contributed by atoms with Crippen LogP contribution in [-0.4, -0.2) is 49.1 Å². The maximum Gasteiger partial charge on any atom is 0.234 e. The number of carbonyl (C=O) groups is 1. The summed E-state index contributed by atoms with van der Waals surface area (Å²) in [4.78, 5) is 23.1. The van der Waals surface area contributed by atoms with Crippen LogP contribution in [0.1, 0.15) is 24.3 Å². The standard InChI is InChI=1S/C21H26ClN3O2S2.ClH/c1-5-24(6-2)11-12-25(18(26)13-15-8-10-17(22)28-15)21-23-19-16(27-4)9-7-14(3)20(19)29-21;/h7-10H,5-6,11-13H2,1-4H3;1H. The summed E-state index contributed by atoms with van der Waals surface area (Å²) >= 11 is 9.04. The Bertz CT molecular complexity index is 986. The predicted molar refractivity (Wildman–Crippen MR) is 131 cm³/mol. The van der Waals surface area contributed by atoms with E-state index in [1.807, 2.05) is 29.2 Å². The number of halogens is 2. The zero-order valence-electron chi connectivity index (χ0n) is 17.6. The molecular formula is C21H27Cl2N3O2S2. The van der Waals surface area contributed by atoms with Crippen LogP contribution in [-0.2, 0) is 11.2 Å². The van der Waals surface area contributed by atoms with Crippen molar-refractivity contribution >= 4 is 67.9 Å². The molecule has 0 bridgehead atoms. The minimum absolute atomic E-state index is 0. The van der Waals surface area contributed by atoms with Crippen molar-refractivity contribution in [3.8, 4) is 5.75 Å². The van der Waals surface area contributed by atoms with Gasteiger partial charge in [0, 0.05) is 18.0 Å². The van der Waals surface area contributed by atoms with Crippen molar-refractivity contribution in [2.45, 2.75) is 27.2 Å². The van der Waals surface area contributed by atoms with Crippen LogP contribution in [0.15, 0.2) is 24.3 Å². The van der Waals surface area contributed by atoms with Gasteiger partial charge in [-0.3, -0.25) is 9.69 Å². The van der Waals surface area contributed by atoms with Gasteiger partial charge in [-0.15, -0.1) is 23.7 Å². The number of ether oxygens (including phenoxy) is 1. The molecule has 1 aromatic carbocycles. The predicted octanol–water partition coefficient (Wildman–Crippen LogP) is 5.67. The third kappa shape index (κ3) is 5.65. The summed E-state index contributed by atoms with van der Waals surface area (Å²) in [6, 6.07) is 7.70. The molecule has 0 unspecified atom stereocenters. The number of methoxy groups -OCH3 is 1. The van der Waals surface area contributed by atoms with Gasteiger partial charge in [0.05, 0.1) is 22.6 Å². The van der Waals surface area contributed by atoms with Crippen molar-refractivity contribution in [1.29, 1.82) is 0 Å². The van der Waals surface area contributed by atoms with E-state index in [9.17, 15) is 4.79 Å². The molecular weight excluding hydrogens is 461 g/mol. The molecule has 30 heavy (non-hydrogen) atoms. The molecule has 0 spiro atoms. The van der Waals surface area contributed by atoms with Crippen LogP contribution >= 0.6 is 46.7 Å². The molecule has 0 aliphatic heterocycles. The van der Waals surface area contributed by atoms with E-state index in [0.29, 0.717) is 22.4 Å². The molecule has 5 nitrogen and oxygen atoms in total. The Labute approximate surface area is 197 Å². The van der Waals surface area contributed by atoms with Crippen molar-refractivity contribution in [3.05, 3.63) is 39.0 Å². The number of benzene rings is 1. The number of hydrogen-bond donors (Lipinski definition) is 0. The van der Waals surface area contributed by atoms with Gasteiger partial charge in [0.2, 0.25) is 5.91 Å². The van der Waals surface area contributed by atoms with Gasteiger partial charge in [-0.2, -0.15) is 0 Å². The van der Waals surface area contributed by atoms with Crippen molar-refractivity contribution in [1.82, 2.24) is 9.88 Å². The highest BCUT2D eigenvalue weighted by molar-refractivity contribution is 7.22. The molecule has 0 radical (unpaired) electrons. The topological polar surface area (TPSA) is 45.7 Å². The summed E-state index contributed by atoms with van der Waals surface area (Å²) in [6.07, 6.45) is 0.321. The first-order valence-corrected chi connectivity index (χ1v) is 11.7. The van der Waals surface area contributed by atoms with Crippen LogP contribution in [0, 0.1) is 6.92 Å². The summed E-state index contributed by atoms with van der Waals surface area (Å²) in [5.74, 6) is 0.764. The lowest BCUT2D eigenvalue weighted by molar-refractivity contribution is -0.118. The first kappa shape index (κ1) is 24.9. The molecule has 0 aliphatic carbocycles. The van der Waals surface area contributed by atoms with Crippen LogP contribution < -0.4 is 9.64 Å². The van der Waals surface area contributed by atoms with Crippen LogP contribution in [0.3, 0.4) is 0 Å². The highest BCUT2D eigenvalue weighted by atomic mass is 35.5. The molecule has 164 valence electrons. The molecule has 2 aromatic heterocycles. The second kappa shape index (κ2) is 11.3. The van der Waals surface area contributed by atoms with Gasteiger partial charge >= 0.3 is 0 Å². The van der Waals surface area contributed by atoms with E-state index in [2.05, 4.69) is 25.7 Å². The van der Waals surface area contributed by atoms with Gasteiger partial charge in [0.1, 0.15) is 11.3 Å². The second-order valence-corrected chi connectivity index (χ2v) is 9.49. The first-order chi connectivity index (χ1) is 14.0. The molecule has 2 heterocycles. The van der Waals surface area contributed by atoms with Gasteiger partial charge in [0.15, 0.2) is 5.13 Å². The number of anilines is 1. The molecule has 3 aromatic rings. The zero-order chi connectivity index (χ0) is 21.0. The molecule has 0 N–H and O–H groups in total. The Hall–Kier alpha value is -1.38. The molecule has 9 heteroatoms. The summed E-state index contributed by atoms with van der Waals surface area (Å²) < 4.78 is 7.24. The Morgan fingerprint density at radius 2 is 1.87 bits per heavy atom. The van der Waals surface area contributed by atoms with E-state index in [4.69, 9.17) is 21.3 Å². The maximum absolute atomic E-state index is 13.2. The fourth-order valence-electron chi connectivity index (χ4n) is 3.18. The number of likely N-dealkylation sites (N-methyl/N-ethyl adjacent to an activating group) is 1. The fraction of sp³-hybridized carbons (Fsp3) is 0.429. The Morgan fingerprint density at radius 3 is 2.47 bits per heavy atom.